The Morgan fingerprint density at radius 3 is 2.77 bits per heavy atom. The van der Waals surface area contributed by atoms with E-state index >= 15 is 0 Å². The Labute approximate surface area is 135 Å². The quantitative estimate of drug-likeness (QED) is 0.894. The highest BCUT2D eigenvalue weighted by molar-refractivity contribution is 5.85. The summed E-state index contributed by atoms with van der Waals surface area (Å²) in [5.74, 6) is 0.743. The summed E-state index contributed by atoms with van der Waals surface area (Å²) in [6.07, 6.45) is 3.32. The smallest absolute Gasteiger partial charge is 0.246 e. The van der Waals surface area contributed by atoms with Gasteiger partial charge in [0.15, 0.2) is 0 Å². The van der Waals surface area contributed by atoms with Crippen molar-refractivity contribution in [2.24, 2.45) is 11.7 Å². The van der Waals surface area contributed by atoms with Gasteiger partial charge in [0.2, 0.25) is 17.6 Å². The molecule has 2 heterocycles. The molecule has 8 heteroatoms. The van der Waals surface area contributed by atoms with Gasteiger partial charge in [-0.2, -0.15) is 4.98 Å². The molecule has 0 aromatic carbocycles. The Morgan fingerprint density at radius 1 is 1.45 bits per heavy atom. The lowest BCUT2D eigenvalue weighted by molar-refractivity contribution is -0.133. The van der Waals surface area contributed by atoms with Gasteiger partial charge in [0.25, 0.3) is 0 Å². The van der Waals surface area contributed by atoms with Crippen LogP contribution in [0, 0.1) is 5.92 Å². The number of hydrogen-bond donors (Lipinski definition) is 1. The number of aromatic nitrogens is 3. The zero-order chi connectivity index (χ0) is 15.4. The molecule has 2 aromatic heterocycles. The molecular formula is C14H20ClN5O2. The van der Waals surface area contributed by atoms with Crippen molar-refractivity contribution in [1.82, 2.24) is 20.0 Å². The zero-order valence-corrected chi connectivity index (χ0v) is 13.6. The van der Waals surface area contributed by atoms with Crippen LogP contribution in [0.15, 0.2) is 29.0 Å². The van der Waals surface area contributed by atoms with E-state index in [4.69, 9.17) is 10.3 Å². The maximum atomic E-state index is 12.1. The summed E-state index contributed by atoms with van der Waals surface area (Å²) < 4.78 is 5.16. The van der Waals surface area contributed by atoms with Crippen LogP contribution >= 0.6 is 12.4 Å². The number of carbonyl (C=O) groups is 1. The third-order valence-corrected chi connectivity index (χ3v) is 3.14. The molecule has 0 aliphatic carbocycles. The van der Waals surface area contributed by atoms with Crippen LogP contribution in [0.5, 0.6) is 0 Å². The summed E-state index contributed by atoms with van der Waals surface area (Å²) in [4.78, 5) is 21.8. The second-order valence-electron chi connectivity index (χ2n) is 5.22. The Balaban J connectivity index is 0.00000242. The zero-order valence-electron chi connectivity index (χ0n) is 12.8. The normalized spacial score (nSPS) is 11.9. The Morgan fingerprint density at radius 2 is 2.18 bits per heavy atom. The van der Waals surface area contributed by atoms with Crippen molar-refractivity contribution in [1.29, 1.82) is 0 Å². The molecule has 1 atom stereocenters. The molecule has 2 aromatic rings. The second kappa shape index (κ2) is 7.86. The van der Waals surface area contributed by atoms with E-state index in [0.717, 1.165) is 5.56 Å². The van der Waals surface area contributed by atoms with Crippen LogP contribution in [-0.2, 0) is 11.3 Å². The lowest BCUT2D eigenvalue weighted by Crippen LogP contribution is -2.44. The average molecular weight is 326 g/mol. The third kappa shape index (κ3) is 4.25. The number of halogens is 1. The van der Waals surface area contributed by atoms with E-state index in [-0.39, 0.29) is 30.8 Å². The summed E-state index contributed by atoms with van der Waals surface area (Å²) in [5, 5.41) is 3.88. The minimum absolute atomic E-state index is 0. The summed E-state index contributed by atoms with van der Waals surface area (Å²) in [5.41, 5.74) is 6.61. The highest BCUT2D eigenvalue weighted by Gasteiger charge is 2.22. The molecule has 0 fully saturated rings. The molecule has 0 aliphatic heterocycles. The SMILES string of the molecule is CC(C)[C@H](N)C(=O)N(C)Cc1nc(-c2cccnc2)no1.Cl. The van der Waals surface area contributed by atoms with Crippen molar-refractivity contribution < 1.29 is 9.32 Å². The van der Waals surface area contributed by atoms with Crippen molar-refractivity contribution >= 4 is 18.3 Å². The van der Waals surface area contributed by atoms with Gasteiger partial charge >= 0.3 is 0 Å². The molecule has 1 amide bonds. The number of carbonyl (C=O) groups excluding carboxylic acids is 1. The van der Waals surface area contributed by atoms with Gasteiger partial charge in [0.1, 0.15) is 0 Å². The molecule has 2 rings (SSSR count). The van der Waals surface area contributed by atoms with Gasteiger partial charge in [-0.1, -0.05) is 19.0 Å². The summed E-state index contributed by atoms with van der Waals surface area (Å²) in [7, 11) is 1.67. The van der Waals surface area contributed by atoms with Gasteiger partial charge in [-0.3, -0.25) is 9.78 Å². The average Bonchev–Trinajstić information content (AvgIpc) is 2.95. The van der Waals surface area contributed by atoms with Crippen molar-refractivity contribution in [3.63, 3.8) is 0 Å². The fourth-order valence-electron chi connectivity index (χ4n) is 1.75. The van der Waals surface area contributed by atoms with Crippen molar-refractivity contribution in [2.75, 3.05) is 7.05 Å². The number of hydrogen-bond acceptors (Lipinski definition) is 6. The van der Waals surface area contributed by atoms with E-state index in [0.29, 0.717) is 11.7 Å². The van der Waals surface area contributed by atoms with Gasteiger partial charge in [0.05, 0.1) is 12.6 Å². The monoisotopic (exact) mass is 325 g/mol. The van der Waals surface area contributed by atoms with Gasteiger partial charge < -0.3 is 15.2 Å². The number of nitrogens with two attached hydrogens (primary N) is 1. The first-order valence-corrected chi connectivity index (χ1v) is 6.72. The number of nitrogens with zero attached hydrogens (tertiary/aromatic N) is 4. The third-order valence-electron chi connectivity index (χ3n) is 3.14. The Hall–Kier alpha value is -1.99. The molecule has 7 nitrogen and oxygen atoms in total. The van der Waals surface area contributed by atoms with Crippen molar-refractivity contribution in [2.45, 2.75) is 26.4 Å². The minimum atomic E-state index is -0.532. The summed E-state index contributed by atoms with van der Waals surface area (Å²) in [6, 6.07) is 3.10. The van der Waals surface area contributed by atoms with Crippen LogP contribution in [0.3, 0.4) is 0 Å². The van der Waals surface area contributed by atoms with Crippen LogP contribution in [0.25, 0.3) is 11.4 Å². The number of amides is 1. The van der Waals surface area contributed by atoms with Crippen molar-refractivity contribution in [3.05, 3.63) is 30.4 Å². The van der Waals surface area contributed by atoms with Gasteiger partial charge in [-0.05, 0) is 18.1 Å². The standard InChI is InChI=1S/C14H19N5O2.ClH/c1-9(2)12(15)14(20)19(3)8-11-17-13(18-21-11)10-5-4-6-16-7-10;/h4-7,9,12H,8,15H2,1-3H3;1H/t12-;/m0./s1. The highest BCUT2D eigenvalue weighted by atomic mass is 35.5. The van der Waals surface area contributed by atoms with Crippen LogP contribution < -0.4 is 5.73 Å². The molecular weight excluding hydrogens is 306 g/mol. The molecule has 0 bridgehead atoms. The van der Waals surface area contributed by atoms with Gasteiger partial charge in [0, 0.05) is 25.0 Å². The fourth-order valence-corrected chi connectivity index (χ4v) is 1.75. The predicted molar refractivity (Wildman–Crippen MR) is 84.1 cm³/mol. The van der Waals surface area contributed by atoms with E-state index in [1.165, 1.54) is 4.90 Å². The molecule has 0 unspecified atom stereocenters. The molecule has 120 valence electrons. The van der Waals surface area contributed by atoms with Crippen LogP contribution in [-0.4, -0.2) is 39.0 Å². The second-order valence-corrected chi connectivity index (χ2v) is 5.22. The van der Waals surface area contributed by atoms with Crippen LogP contribution in [0.4, 0.5) is 0 Å². The van der Waals surface area contributed by atoms with Crippen LogP contribution in [0.2, 0.25) is 0 Å². The lowest BCUT2D eigenvalue weighted by Gasteiger charge is -2.21. The number of rotatable bonds is 5. The largest absolute Gasteiger partial charge is 0.337 e. The summed E-state index contributed by atoms with van der Waals surface area (Å²) in [6.45, 7) is 4.04. The molecule has 0 radical (unpaired) electrons. The van der Waals surface area contributed by atoms with E-state index in [1.54, 1.807) is 25.5 Å². The Kier molecular flexibility index (Phi) is 6.45. The minimum Gasteiger partial charge on any atom is -0.337 e. The van der Waals surface area contributed by atoms with E-state index in [2.05, 4.69) is 15.1 Å². The molecule has 0 spiro atoms. The van der Waals surface area contributed by atoms with E-state index < -0.39 is 6.04 Å². The highest BCUT2D eigenvalue weighted by Crippen LogP contribution is 2.14. The lowest BCUT2D eigenvalue weighted by atomic mass is 10.0. The molecule has 2 N–H and O–H groups in total. The molecule has 0 saturated carbocycles. The number of pyridine rings is 1. The van der Waals surface area contributed by atoms with E-state index in [1.807, 2.05) is 19.9 Å². The number of likely N-dealkylation sites (N-methyl/N-ethyl adjacent to an activating group) is 1. The topological polar surface area (TPSA) is 98.1 Å². The molecule has 22 heavy (non-hydrogen) atoms. The fraction of sp³-hybridized carbons (Fsp3) is 0.429. The molecule has 0 saturated heterocycles. The van der Waals surface area contributed by atoms with Gasteiger partial charge in [-0.15, -0.1) is 12.4 Å². The first kappa shape index (κ1) is 18.1. The maximum absolute atomic E-state index is 12.1. The predicted octanol–water partition coefficient (Wildman–Crippen LogP) is 1.50. The van der Waals surface area contributed by atoms with Crippen LogP contribution in [0.1, 0.15) is 19.7 Å². The maximum Gasteiger partial charge on any atom is 0.246 e. The first-order chi connectivity index (χ1) is 9.99. The van der Waals surface area contributed by atoms with Gasteiger partial charge in [-0.25, -0.2) is 0 Å². The first-order valence-electron chi connectivity index (χ1n) is 6.72. The Bertz CT molecular complexity index is 602. The molecule has 0 aliphatic rings. The summed E-state index contributed by atoms with van der Waals surface area (Å²) >= 11 is 0. The van der Waals surface area contributed by atoms with Crippen molar-refractivity contribution in [3.8, 4) is 11.4 Å². The van der Waals surface area contributed by atoms with E-state index in [9.17, 15) is 4.79 Å².